The lowest BCUT2D eigenvalue weighted by molar-refractivity contribution is 0.200. The number of aliphatic hydroxyl groups excluding tert-OH is 1. The Labute approximate surface area is 231 Å². The maximum Gasteiger partial charge on any atom is 0.179 e. The van der Waals surface area contributed by atoms with Crippen molar-refractivity contribution in [1.82, 2.24) is 20.3 Å². The minimum Gasteiger partial charge on any atom is -0.491 e. The molecular formula is C29H32F2N6O3. The fraction of sp³-hybridized carbons (Fsp3) is 0.276. The third-order valence-corrected chi connectivity index (χ3v) is 6.24. The second kappa shape index (κ2) is 13.1. The van der Waals surface area contributed by atoms with Gasteiger partial charge in [-0.1, -0.05) is 18.2 Å². The molecule has 40 heavy (non-hydrogen) atoms. The molecule has 1 atom stereocenters. The number of rotatable bonds is 12. The van der Waals surface area contributed by atoms with Crippen molar-refractivity contribution in [3.8, 4) is 11.5 Å². The summed E-state index contributed by atoms with van der Waals surface area (Å²) in [6.45, 7) is 3.44. The zero-order chi connectivity index (χ0) is 28.6. The van der Waals surface area contributed by atoms with Crippen LogP contribution in [0.1, 0.15) is 34.3 Å². The van der Waals surface area contributed by atoms with E-state index in [-0.39, 0.29) is 31.1 Å². The molecule has 9 nitrogen and oxygen atoms in total. The highest BCUT2D eigenvalue weighted by atomic mass is 19.1. The lowest BCUT2D eigenvalue weighted by atomic mass is 10.0. The number of aliphatic hydroxyl groups is 1. The SMILES string of the molecule is CNC(c1ncc(OC)c(Nc2cc(C)ncc2C)n1)c1ccccc1NCc1c(F)cc(OCCO)cc1F. The van der Waals surface area contributed by atoms with Crippen LogP contribution in [0.4, 0.5) is 26.0 Å². The first kappa shape index (κ1) is 28.7. The molecule has 0 saturated heterocycles. The van der Waals surface area contributed by atoms with Gasteiger partial charge in [0, 0.05) is 47.5 Å². The van der Waals surface area contributed by atoms with E-state index in [0.717, 1.165) is 34.6 Å². The summed E-state index contributed by atoms with van der Waals surface area (Å²) in [5, 5.41) is 18.6. The number of hydrogen-bond acceptors (Lipinski definition) is 9. The lowest BCUT2D eigenvalue weighted by Crippen LogP contribution is -2.22. The molecule has 0 aliphatic heterocycles. The van der Waals surface area contributed by atoms with Gasteiger partial charge in [0.2, 0.25) is 0 Å². The van der Waals surface area contributed by atoms with Gasteiger partial charge in [-0.05, 0) is 44.2 Å². The molecule has 4 rings (SSSR count). The van der Waals surface area contributed by atoms with Crippen LogP contribution >= 0.6 is 0 Å². The van der Waals surface area contributed by atoms with Crippen molar-refractivity contribution in [2.45, 2.75) is 26.4 Å². The molecule has 11 heteroatoms. The predicted molar refractivity (Wildman–Crippen MR) is 149 cm³/mol. The molecule has 0 amide bonds. The molecule has 210 valence electrons. The number of ether oxygens (including phenoxy) is 2. The number of halogens is 2. The molecular weight excluding hydrogens is 518 g/mol. The number of anilines is 3. The number of aryl methyl sites for hydroxylation is 2. The summed E-state index contributed by atoms with van der Waals surface area (Å²) in [5.74, 6) is -0.0680. The van der Waals surface area contributed by atoms with Crippen molar-refractivity contribution >= 4 is 17.2 Å². The minimum absolute atomic E-state index is 0.0154. The van der Waals surface area contributed by atoms with Crippen molar-refractivity contribution in [2.24, 2.45) is 0 Å². The van der Waals surface area contributed by atoms with Gasteiger partial charge in [-0.2, -0.15) is 0 Å². The highest BCUT2D eigenvalue weighted by Gasteiger charge is 2.21. The molecule has 0 radical (unpaired) electrons. The maximum atomic E-state index is 14.7. The number of nitrogens with zero attached hydrogens (tertiary/aromatic N) is 3. The first-order chi connectivity index (χ1) is 19.3. The summed E-state index contributed by atoms with van der Waals surface area (Å²) in [7, 11) is 3.33. The summed E-state index contributed by atoms with van der Waals surface area (Å²) < 4.78 is 40.0. The van der Waals surface area contributed by atoms with Gasteiger partial charge in [0.15, 0.2) is 17.4 Å². The molecule has 4 aromatic rings. The quantitative estimate of drug-likeness (QED) is 0.197. The van der Waals surface area contributed by atoms with Gasteiger partial charge in [-0.3, -0.25) is 4.98 Å². The standard InChI is InChI=1S/C29H32F2N6O3/c1-17-14-33-18(2)11-25(17)36-28-26(39-4)16-35-29(37-28)27(32-3)20-7-5-6-8-24(20)34-15-21-22(30)12-19(13-23(21)31)40-10-9-38/h5-8,11-14,16,27,32,34,38H,9-10,15H2,1-4H3,(H,33,35,36,37). The van der Waals surface area contributed by atoms with Crippen LogP contribution in [0.15, 0.2) is 54.9 Å². The fourth-order valence-corrected chi connectivity index (χ4v) is 4.17. The summed E-state index contributed by atoms with van der Waals surface area (Å²) in [6, 6.07) is 11.1. The Morgan fingerprint density at radius 3 is 2.45 bits per heavy atom. The van der Waals surface area contributed by atoms with Gasteiger partial charge >= 0.3 is 0 Å². The van der Waals surface area contributed by atoms with Crippen LogP contribution in [-0.4, -0.2) is 47.4 Å². The van der Waals surface area contributed by atoms with E-state index in [1.807, 2.05) is 44.2 Å². The predicted octanol–water partition coefficient (Wildman–Crippen LogP) is 4.81. The second-order valence-corrected chi connectivity index (χ2v) is 9.01. The number of hydrogen-bond donors (Lipinski definition) is 4. The van der Waals surface area contributed by atoms with Gasteiger partial charge in [-0.15, -0.1) is 0 Å². The molecule has 2 aromatic heterocycles. The largest absolute Gasteiger partial charge is 0.491 e. The third-order valence-electron chi connectivity index (χ3n) is 6.24. The van der Waals surface area contributed by atoms with Gasteiger partial charge in [0.1, 0.15) is 24.0 Å². The van der Waals surface area contributed by atoms with E-state index in [9.17, 15) is 8.78 Å². The number of pyridine rings is 1. The average Bonchev–Trinajstić information content (AvgIpc) is 2.94. The van der Waals surface area contributed by atoms with Crippen molar-refractivity contribution in [3.63, 3.8) is 0 Å². The van der Waals surface area contributed by atoms with Crippen LogP contribution in [0.25, 0.3) is 0 Å². The number of aromatic nitrogens is 3. The fourth-order valence-electron chi connectivity index (χ4n) is 4.17. The van der Waals surface area contributed by atoms with E-state index < -0.39 is 17.7 Å². The molecule has 0 saturated carbocycles. The van der Waals surface area contributed by atoms with Gasteiger partial charge in [0.05, 0.1) is 26.0 Å². The van der Waals surface area contributed by atoms with E-state index in [2.05, 4.69) is 25.9 Å². The van der Waals surface area contributed by atoms with E-state index in [4.69, 9.17) is 19.6 Å². The third kappa shape index (κ3) is 6.61. The minimum atomic E-state index is -0.751. The lowest BCUT2D eigenvalue weighted by Gasteiger charge is -2.21. The Morgan fingerprint density at radius 2 is 1.75 bits per heavy atom. The summed E-state index contributed by atoms with van der Waals surface area (Å²) in [4.78, 5) is 13.6. The van der Waals surface area contributed by atoms with Crippen molar-refractivity contribution in [2.75, 3.05) is 38.0 Å². The molecule has 0 spiro atoms. The van der Waals surface area contributed by atoms with Gasteiger partial charge in [0.25, 0.3) is 0 Å². The number of para-hydroxylation sites is 1. The van der Waals surface area contributed by atoms with E-state index >= 15 is 0 Å². The highest BCUT2D eigenvalue weighted by molar-refractivity contribution is 5.65. The van der Waals surface area contributed by atoms with E-state index in [1.54, 1.807) is 26.6 Å². The van der Waals surface area contributed by atoms with Crippen LogP contribution in [0.2, 0.25) is 0 Å². The topological polar surface area (TPSA) is 113 Å². The first-order valence-electron chi connectivity index (χ1n) is 12.7. The Morgan fingerprint density at radius 1 is 1.00 bits per heavy atom. The smallest absolute Gasteiger partial charge is 0.179 e. The summed E-state index contributed by atoms with van der Waals surface area (Å²) >= 11 is 0. The van der Waals surface area contributed by atoms with Crippen LogP contribution in [-0.2, 0) is 6.54 Å². The summed E-state index contributed by atoms with van der Waals surface area (Å²) in [6.07, 6.45) is 3.38. The number of nitrogens with one attached hydrogen (secondary N) is 3. The van der Waals surface area contributed by atoms with E-state index in [0.29, 0.717) is 23.1 Å². The van der Waals surface area contributed by atoms with Gasteiger partial charge < -0.3 is 30.5 Å². The molecule has 4 N–H and O–H groups in total. The first-order valence-corrected chi connectivity index (χ1v) is 12.7. The normalized spacial score (nSPS) is 11.7. The average molecular weight is 551 g/mol. The second-order valence-electron chi connectivity index (χ2n) is 9.01. The molecule has 0 aliphatic carbocycles. The molecule has 0 bridgehead atoms. The molecule has 0 fully saturated rings. The van der Waals surface area contributed by atoms with Crippen molar-refractivity contribution in [3.05, 3.63) is 94.7 Å². The molecule has 0 aliphatic rings. The number of benzene rings is 2. The van der Waals surface area contributed by atoms with E-state index in [1.165, 1.54) is 0 Å². The molecule has 1 unspecified atom stereocenters. The van der Waals surface area contributed by atoms with Crippen molar-refractivity contribution in [1.29, 1.82) is 0 Å². The van der Waals surface area contributed by atoms with Crippen LogP contribution < -0.4 is 25.4 Å². The summed E-state index contributed by atoms with van der Waals surface area (Å²) in [5.41, 5.74) is 3.93. The van der Waals surface area contributed by atoms with Crippen LogP contribution in [0.3, 0.4) is 0 Å². The highest BCUT2D eigenvalue weighted by Crippen LogP contribution is 2.32. The van der Waals surface area contributed by atoms with Gasteiger partial charge in [-0.25, -0.2) is 18.7 Å². The van der Waals surface area contributed by atoms with Crippen LogP contribution in [0, 0.1) is 25.5 Å². The Kier molecular flexibility index (Phi) is 9.41. The van der Waals surface area contributed by atoms with Crippen LogP contribution in [0.5, 0.6) is 11.5 Å². The maximum absolute atomic E-state index is 14.7. The zero-order valence-electron chi connectivity index (χ0n) is 22.8. The Hall–Kier alpha value is -4.35. The molecule has 2 heterocycles. The zero-order valence-corrected chi connectivity index (χ0v) is 22.8. The molecule has 2 aromatic carbocycles. The Bertz CT molecular complexity index is 1450. The monoisotopic (exact) mass is 550 g/mol. The van der Waals surface area contributed by atoms with Crippen molar-refractivity contribution < 1.29 is 23.4 Å². The Balaban J connectivity index is 1.62. The number of methoxy groups -OCH3 is 1.